The molecular weight excluding hydrogens is 308 g/mol. The van der Waals surface area contributed by atoms with Gasteiger partial charge in [0.15, 0.2) is 6.20 Å². The Morgan fingerprint density at radius 2 is 1.80 bits per heavy atom. The van der Waals surface area contributed by atoms with Gasteiger partial charge in [-0.25, -0.2) is 0 Å². The lowest BCUT2D eigenvalue weighted by Crippen LogP contribution is -2.37. The predicted octanol–water partition coefficient (Wildman–Crippen LogP) is 4.93. The number of fused-ring (bicyclic) bond motifs is 4. The van der Waals surface area contributed by atoms with Crippen molar-refractivity contribution in [1.82, 2.24) is 4.57 Å². The van der Waals surface area contributed by atoms with Crippen molar-refractivity contribution in [1.29, 1.82) is 0 Å². The molecule has 0 aliphatic carbocycles. The molecule has 0 bridgehead atoms. The predicted molar refractivity (Wildman–Crippen MR) is 99.7 cm³/mol. The lowest BCUT2D eigenvalue weighted by Gasteiger charge is -2.07. The van der Waals surface area contributed by atoms with E-state index < -0.39 is 0 Å². The van der Waals surface area contributed by atoms with Gasteiger partial charge in [0.05, 0.1) is 5.69 Å². The van der Waals surface area contributed by atoms with Crippen LogP contribution in [0.1, 0.15) is 11.3 Å². The summed E-state index contributed by atoms with van der Waals surface area (Å²) in [5.41, 5.74) is 8.22. The molecule has 0 N–H and O–H groups in total. The highest BCUT2D eigenvalue weighted by Gasteiger charge is 2.29. The fourth-order valence-electron chi connectivity index (χ4n) is 4.42. The van der Waals surface area contributed by atoms with Crippen LogP contribution in [0.3, 0.4) is 0 Å². The van der Waals surface area contributed by atoms with Gasteiger partial charge in [-0.15, -0.1) is 0 Å². The highest BCUT2D eigenvalue weighted by molar-refractivity contribution is 6.13. The minimum Gasteiger partial charge on any atom is -0.449 e. The van der Waals surface area contributed by atoms with Gasteiger partial charge in [0.1, 0.15) is 11.0 Å². The highest BCUT2D eigenvalue weighted by atomic mass is 16.3. The molecule has 0 unspecified atom stereocenters. The van der Waals surface area contributed by atoms with E-state index in [1.54, 1.807) is 0 Å². The summed E-state index contributed by atoms with van der Waals surface area (Å²) < 4.78 is 11.0. The number of nitrogens with zero attached hydrogens (tertiary/aromatic N) is 2. The van der Waals surface area contributed by atoms with Gasteiger partial charge in [-0.2, -0.15) is 4.57 Å². The van der Waals surface area contributed by atoms with Crippen LogP contribution in [0.2, 0.25) is 0 Å². The molecule has 6 rings (SSSR count). The summed E-state index contributed by atoms with van der Waals surface area (Å²) >= 11 is 0. The third-order valence-corrected chi connectivity index (χ3v) is 5.64. The Bertz CT molecular complexity index is 1340. The van der Waals surface area contributed by atoms with Crippen LogP contribution in [0.25, 0.3) is 44.1 Å². The van der Waals surface area contributed by atoms with Gasteiger partial charge in [-0.1, -0.05) is 36.4 Å². The zero-order valence-electron chi connectivity index (χ0n) is 14.2. The normalized spacial score (nSPS) is 13.0. The lowest BCUT2D eigenvalue weighted by atomic mass is 10.0. The zero-order chi connectivity index (χ0) is 16.7. The van der Waals surface area contributed by atoms with E-state index in [0.717, 1.165) is 17.8 Å². The van der Waals surface area contributed by atoms with Crippen molar-refractivity contribution in [3.05, 3.63) is 66.0 Å². The molecule has 3 aromatic heterocycles. The van der Waals surface area contributed by atoms with E-state index in [-0.39, 0.29) is 0 Å². The molecule has 4 heterocycles. The second-order valence-corrected chi connectivity index (χ2v) is 6.98. The first-order valence-electron chi connectivity index (χ1n) is 8.66. The van der Waals surface area contributed by atoms with Crippen molar-refractivity contribution in [2.75, 3.05) is 0 Å². The summed E-state index contributed by atoms with van der Waals surface area (Å²) in [6.07, 6.45) is 2.18. The minimum absolute atomic E-state index is 0.802. The molecule has 3 nitrogen and oxygen atoms in total. The smallest absolute Gasteiger partial charge is 0.261 e. The van der Waals surface area contributed by atoms with E-state index >= 15 is 0 Å². The van der Waals surface area contributed by atoms with E-state index in [9.17, 15) is 0 Å². The summed E-state index contributed by atoms with van der Waals surface area (Å²) in [7, 11) is 0. The number of rotatable bonds is 0. The summed E-state index contributed by atoms with van der Waals surface area (Å²) in [6.45, 7) is 5.14. The van der Waals surface area contributed by atoms with Crippen molar-refractivity contribution in [3.63, 3.8) is 0 Å². The maximum atomic E-state index is 6.24. The first kappa shape index (κ1) is 13.2. The Morgan fingerprint density at radius 3 is 2.68 bits per heavy atom. The van der Waals surface area contributed by atoms with Gasteiger partial charge >= 0.3 is 0 Å². The number of furan rings is 1. The Balaban J connectivity index is 1.93. The van der Waals surface area contributed by atoms with Crippen molar-refractivity contribution in [2.45, 2.75) is 20.5 Å². The molecule has 1 aliphatic heterocycles. The standard InChI is InChI=1S/C22H17N2O/c1-13-10-11-23-12-24-14(2)15-6-3-4-7-16(15)20(24)17-8-5-9-18-19(17)21(23)22(13)25-18/h3-11H,12H2,1-2H3/q+1. The summed E-state index contributed by atoms with van der Waals surface area (Å²) in [4.78, 5) is 0. The summed E-state index contributed by atoms with van der Waals surface area (Å²) in [5, 5.41) is 3.86. The average Bonchev–Trinajstić information content (AvgIpc) is 3.10. The average molecular weight is 325 g/mol. The van der Waals surface area contributed by atoms with Crippen LogP contribution in [0, 0.1) is 13.8 Å². The Kier molecular flexibility index (Phi) is 2.28. The van der Waals surface area contributed by atoms with E-state index in [1.165, 1.54) is 44.2 Å². The molecule has 0 saturated heterocycles. The van der Waals surface area contributed by atoms with Crippen LogP contribution in [0.5, 0.6) is 0 Å². The molecule has 0 spiro atoms. The van der Waals surface area contributed by atoms with E-state index in [2.05, 4.69) is 77.7 Å². The SMILES string of the molecule is Cc1cc[n+]2c3c1oc1cccc(c13)-c1c3ccccc3c(C)n1C2. The van der Waals surface area contributed by atoms with Gasteiger partial charge in [-0.3, -0.25) is 4.57 Å². The number of aryl methyl sites for hydroxylation is 2. The minimum atomic E-state index is 0.802. The fourth-order valence-corrected chi connectivity index (χ4v) is 4.42. The Hall–Kier alpha value is -3.07. The van der Waals surface area contributed by atoms with Gasteiger partial charge in [0, 0.05) is 33.7 Å². The molecule has 1 aliphatic rings. The Labute approximate surface area is 144 Å². The summed E-state index contributed by atoms with van der Waals surface area (Å²) in [6, 6.07) is 17.3. The van der Waals surface area contributed by atoms with Crippen molar-refractivity contribution in [3.8, 4) is 11.3 Å². The third-order valence-electron chi connectivity index (χ3n) is 5.64. The second-order valence-electron chi connectivity index (χ2n) is 6.98. The molecule has 0 atom stereocenters. The molecule has 3 heteroatoms. The van der Waals surface area contributed by atoms with Crippen LogP contribution in [0.4, 0.5) is 0 Å². The molecule has 120 valence electrons. The Morgan fingerprint density at radius 1 is 0.960 bits per heavy atom. The number of benzene rings is 2. The molecule has 5 aromatic rings. The van der Waals surface area contributed by atoms with Gasteiger partial charge in [0.25, 0.3) is 5.52 Å². The molecule has 0 fully saturated rings. The maximum Gasteiger partial charge on any atom is 0.261 e. The first-order chi connectivity index (χ1) is 12.2. The van der Waals surface area contributed by atoms with Crippen molar-refractivity contribution >= 4 is 32.8 Å². The van der Waals surface area contributed by atoms with Crippen LogP contribution in [-0.4, -0.2) is 4.57 Å². The van der Waals surface area contributed by atoms with Gasteiger partial charge < -0.3 is 4.42 Å². The lowest BCUT2D eigenvalue weighted by molar-refractivity contribution is -0.675. The van der Waals surface area contributed by atoms with E-state index in [4.69, 9.17) is 4.42 Å². The highest BCUT2D eigenvalue weighted by Crippen LogP contribution is 2.42. The van der Waals surface area contributed by atoms with Crippen LogP contribution in [-0.2, 0) is 6.67 Å². The van der Waals surface area contributed by atoms with Gasteiger partial charge in [-0.05, 0) is 19.9 Å². The van der Waals surface area contributed by atoms with E-state index in [1.807, 2.05) is 0 Å². The summed E-state index contributed by atoms with van der Waals surface area (Å²) in [5.74, 6) is 0. The van der Waals surface area contributed by atoms with Crippen molar-refractivity contribution in [2.24, 2.45) is 0 Å². The maximum absolute atomic E-state index is 6.24. The largest absolute Gasteiger partial charge is 0.449 e. The molecule has 0 saturated carbocycles. The molecule has 25 heavy (non-hydrogen) atoms. The molecular formula is C22H17N2O+. The quantitative estimate of drug-likeness (QED) is 0.363. The molecule has 0 amide bonds. The van der Waals surface area contributed by atoms with Crippen LogP contribution >= 0.6 is 0 Å². The first-order valence-corrected chi connectivity index (χ1v) is 8.66. The number of hydrogen-bond acceptors (Lipinski definition) is 1. The molecule has 0 radical (unpaired) electrons. The second kappa shape index (κ2) is 4.31. The third kappa shape index (κ3) is 1.49. The van der Waals surface area contributed by atoms with E-state index in [0.29, 0.717) is 0 Å². The van der Waals surface area contributed by atoms with Gasteiger partial charge in [0.2, 0.25) is 12.3 Å². The number of aromatic nitrogens is 2. The van der Waals surface area contributed by atoms with Crippen LogP contribution < -0.4 is 4.57 Å². The monoisotopic (exact) mass is 325 g/mol. The number of pyridine rings is 1. The topological polar surface area (TPSA) is 21.9 Å². The van der Waals surface area contributed by atoms with Crippen molar-refractivity contribution < 1.29 is 8.98 Å². The van der Waals surface area contributed by atoms with Crippen LogP contribution in [0.15, 0.2) is 59.1 Å². The number of hydrogen-bond donors (Lipinski definition) is 0. The fraction of sp³-hybridized carbons (Fsp3) is 0.136. The molecule has 2 aromatic carbocycles. The zero-order valence-corrected chi connectivity index (χ0v) is 14.2.